The minimum absolute atomic E-state index is 0.0990. The van der Waals surface area contributed by atoms with Crippen LogP contribution in [-0.4, -0.2) is 49.6 Å². The van der Waals surface area contributed by atoms with Gasteiger partial charge in [0.15, 0.2) is 0 Å². The summed E-state index contributed by atoms with van der Waals surface area (Å²) in [5, 5.41) is 14.4. The molecule has 0 radical (unpaired) electrons. The lowest BCUT2D eigenvalue weighted by Gasteiger charge is -2.11. The summed E-state index contributed by atoms with van der Waals surface area (Å²) >= 11 is 0. The van der Waals surface area contributed by atoms with Crippen LogP contribution in [0.2, 0.25) is 0 Å². The number of nitrogens with one attached hydrogen (secondary N) is 1. The fourth-order valence-electron chi connectivity index (χ4n) is 2.49. The van der Waals surface area contributed by atoms with E-state index in [0.717, 1.165) is 12.8 Å². The Bertz CT molecular complexity index is 576. The van der Waals surface area contributed by atoms with Gasteiger partial charge >= 0.3 is 5.97 Å². The van der Waals surface area contributed by atoms with Gasteiger partial charge in [0.2, 0.25) is 0 Å². The first-order valence-electron chi connectivity index (χ1n) is 9.30. The average Bonchev–Trinajstić information content (AvgIpc) is 2.60. The summed E-state index contributed by atoms with van der Waals surface area (Å²) in [5.41, 5.74) is 0.534. The predicted molar refractivity (Wildman–Crippen MR) is 104 cm³/mol. The van der Waals surface area contributed by atoms with Crippen molar-refractivity contribution >= 4 is 17.3 Å². The molecular formula is C19H31N3O4. The highest BCUT2D eigenvalue weighted by molar-refractivity contribution is 5.91. The third kappa shape index (κ3) is 8.29. The lowest BCUT2D eigenvalue weighted by Crippen LogP contribution is -2.20. The fourth-order valence-corrected chi connectivity index (χ4v) is 2.49. The van der Waals surface area contributed by atoms with Crippen molar-refractivity contribution in [3.05, 3.63) is 33.9 Å². The van der Waals surface area contributed by atoms with E-state index in [4.69, 9.17) is 4.74 Å². The maximum Gasteiger partial charge on any atom is 0.338 e. The molecule has 1 rings (SSSR count). The SMILES string of the molecule is CCCCCCCCNc1ccc(C(=O)OCCN(C)C)cc1[N+](=O)[O-]. The van der Waals surface area contributed by atoms with E-state index in [9.17, 15) is 14.9 Å². The van der Waals surface area contributed by atoms with Crippen molar-refractivity contribution in [2.24, 2.45) is 0 Å². The molecule has 0 bridgehead atoms. The molecule has 7 heteroatoms. The number of unbranched alkanes of at least 4 members (excludes halogenated alkanes) is 5. The number of hydrogen-bond donors (Lipinski definition) is 1. The Morgan fingerprint density at radius 1 is 1.19 bits per heavy atom. The minimum atomic E-state index is -0.544. The molecule has 0 amide bonds. The van der Waals surface area contributed by atoms with E-state index in [1.54, 1.807) is 12.1 Å². The first kappa shape index (κ1) is 21.9. The monoisotopic (exact) mass is 365 g/mol. The Morgan fingerprint density at radius 3 is 2.54 bits per heavy atom. The molecule has 1 aromatic carbocycles. The first-order chi connectivity index (χ1) is 12.5. The van der Waals surface area contributed by atoms with E-state index in [2.05, 4.69) is 12.2 Å². The molecule has 0 fully saturated rings. The van der Waals surface area contributed by atoms with Crippen LogP contribution < -0.4 is 5.32 Å². The number of likely N-dealkylation sites (N-methyl/N-ethyl adjacent to an activating group) is 1. The summed E-state index contributed by atoms with van der Waals surface area (Å²) in [7, 11) is 3.76. The zero-order chi connectivity index (χ0) is 19.4. The van der Waals surface area contributed by atoms with Gasteiger partial charge in [0.05, 0.1) is 10.5 Å². The van der Waals surface area contributed by atoms with Gasteiger partial charge in [0.25, 0.3) is 5.69 Å². The van der Waals surface area contributed by atoms with Crippen LogP contribution >= 0.6 is 0 Å². The second-order valence-corrected chi connectivity index (χ2v) is 6.62. The molecule has 0 atom stereocenters. The van der Waals surface area contributed by atoms with Gasteiger partial charge in [0, 0.05) is 19.2 Å². The van der Waals surface area contributed by atoms with Gasteiger partial charge in [0.1, 0.15) is 12.3 Å². The van der Waals surface area contributed by atoms with Crippen LogP contribution in [0.25, 0.3) is 0 Å². The molecule has 0 saturated heterocycles. The van der Waals surface area contributed by atoms with Crippen LogP contribution in [0.1, 0.15) is 55.8 Å². The van der Waals surface area contributed by atoms with Gasteiger partial charge < -0.3 is 15.0 Å². The topological polar surface area (TPSA) is 84.7 Å². The second-order valence-electron chi connectivity index (χ2n) is 6.62. The summed E-state index contributed by atoms with van der Waals surface area (Å²) in [4.78, 5) is 24.7. The van der Waals surface area contributed by atoms with Crippen molar-refractivity contribution in [3.8, 4) is 0 Å². The number of nitro groups is 1. The summed E-state index contributed by atoms with van der Waals surface area (Å²) in [6.45, 7) is 3.71. The zero-order valence-electron chi connectivity index (χ0n) is 16.1. The minimum Gasteiger partial charge on any atom is -0.461 e. The number of carbonyl (C=O) groups is 1. The third-order valence-corrected chi connectivity index (χ3v) is 4.05. The number of esters is 1. The van der Waals surface area contributed by atoms with Crippen molar-refractivity contribution in [1.29, 1.82) is 0 Å². The molecule has 0 aliphatic heterocycles. The lowest BCUT2D eigenvalue weighted by molar-refractivity contribution is -0.384. The van der Waals surface area contributed by atoms with Crippen LogP contribution in [0.3, 0.4) is 0 Å². The number of hydrogen-bond acceptors (Lipinski definition) is 6. The van der Waals surface area contributed by atoms with Crippen molar-refractivity contribution in [2.45, 2.75) is 45.4 Å². The molecule has 1 N–H and O–H groups in total. The number of benzene rings is 1. The predicted octanol–water partition coefficient (Wildman–Crippen LogP) is 4.09. The van der Waals surface area contributed by atoms with Crippen molar-refractivity contribution in [2.75, 3.05) is 39.1 Å². The fraction of sp³-hybridized carbons (Fsp3) is 0.632. The summed E-state index contributed by atoms with van der Waals surface area (Å²) in [6, 6.07) is 4.42. The molecule has 146 valence electrons. The molecule has 0 aliphatic carbocycles. The maximum atomic E-state index is 12.0. The highest BCUT2D eigenvalue weighted by atomic mass is 16.6. The molecule has 7 nitrogen and oxygen atoms in total. The van der Waals surface area contributed by atoms with Crippen LogP contribution in [0.15, 0.2) is 18.2 Å². The number of carbonyl (C=O) groups excluding carboxylic acids is 1. The third-order valence-electron chi connectivity index (χ3n) is 4.05. The van der Waals surface area contributed by atoms with Gasteiger partial charge in [-0.25, -0.2) is 4.79 Å². The van der Waals surface area contributed by atoms with Crippen LogP contribution in [0.4, 0.5) is 11.4 Å². The Morgan fingerprint density at radius 2 is 1.88 bits per heavy atom. The molecule has 0 heterocycles. The van der Waals surface area contributed by atoms with E-state index in [1.807, 2.05) is 19.0 Å². The molecule has 0 aromatic heterocycles. The molecule has 1 aromatic rings. The Balaban J connectivity index is 2.56. The van der Waals surface area contributed by atoms with Crippen LogP contribution in [-0.2, 0) is 4.74 Å². The number of ether oxygens (including phenoxy) is 1. The number of nitrogens with zero attached hydrogens (tertiary/aromatic N) is 2. The summed E-state index contributed by atoms with van der Waals surface area (Å²) in [5.74, 6) is -0.544. The average molecular weight is 365 g/mol. The smallest absolute Gasteiger partial charge is 0.338 e. The van der Waals surface area contributed by atoms with Gasteiger partial charge in [-0.2, -0.15) is 0 Å². The van der Waals surface area contributed by atoms with E-state index in [-0.39, 0.29) is 17.9 Å². The van der Waals surface area contributed by atoms with E-state index in [1.165, 1.54) is 31.7 Å². The van der Waals surface area contributed by atoms with E-state index >= 15 is 0 Å². The van der Waals surface area contributed by atoms with Crippen LogP contribution in [0.5, 0.6) is 0 Å². The quantitative estimate of drug-likeness (QED) is 0.245. The summed E-state index contributed by atoms with van der Waals surface area (Å²) in [6.07, 6.45) is 6.97. The van der Waals surface area contributed by atoms with Crippen molar-refractivity contribution in [3.63, 3.8) is 0 Å². The van der Waals surface area contributed by atoms with E-state index in [0.29, 0.717) is 18.8 Å². The molecular weight excluding hydrogens is 334 g/mol. The molecule has 0 aliphatic rings. The van der Waals surface area contributed by atoms with Crippen molar-refractivity contribution in [1.82, 2.24) is 4.90 Å². The van der Waals surface area contributed by atoms with Crippen molar-refractivity contribution < 1.29 is 14.5 Å². The summed E-state index contributed by atoms with van der Waals surface area (Å²) < 4.78 is 5.14. The molecule has 26 heavy (non-hydrogen) atoms. The lowest BCUT2D eigenvalue weighted by atomic mass is 10.1. The number of nitro benzene ring substituents is 1. The number of anilines is 1. The van der Waals surface area contributed by atoms with Gasteiger partial charge in [-0.15, -0.1) is 0 Å². The Hall–Kier alpha value is -2.15. The Labute approximate surface area is 155 Å². The molecule has 0 saturated carbocycles. The molecule has 0 spiro atoms. The maximum absolute atomic E-state index is 12.0. The largest absolute Gasteiger partial charge is 0.461 e. The van der Waals surface area contributed by atoms with Gasteiger partial charge in [-0.3, -0.25) is 10.1 Å². The standard InChI is InChI=1S/C19H31N3O4/c1-4-5-6-7-8-9-12-20-17-11-10-16(15-18(17)22(24)25)19(23)26-14-13-21(2)3/h10-11,15,20H,4-9,12-14H2,1-3H3. The molecule has 0 unspecified atom stereocenters. The van der Waals surface area contributed by atoms with Crippen LogP contribution in [0, 0.1) is 10.1 Å². The number of rotatable bonds is 13. The Kier molecular flexibility index (Phi) is 10.3. The zero-order valence-corrected chi connectivity index (χ0v) is 16.1. The van der Waals surface area contributed by atoms with E-state index < -0.39 is 10.9 Å². The second kappa shape index (κ2) is 12.2. The van der Waals surface area contributed by atoms with Gasteiger partial charge in [-0.05, 0) is 32.6 Å². The highest BCUT2D eigenvalue weighted by Gasteiger charge is 2.18. The normalized spacial score (nSPS) is 10.8. The highest BCUT2D eigenvalue weighted by Crippen LogP contribution is 2.26. The van der Waals surface area contributed by atoms with Gasteiger partial charge in [-0.1, -0.05) is 39.0 Å². The first-order valence-corrected chi connectivity index (χ1v) is 9.30.